The third kappa shape index (κ3) is 5.20. The normalized spacial score (nSPS) is 11.0. The van der Waals surface area contributed by atoms with Gasteiger partial charge < -0.3 is 0 Å². The molecule has 0 aliphatic heterocycles. The maximum absolute atomic E-state index is 12.6. The van der Waals surface area contributed by atoms with Crippen LogP contribution in [0.15, 0.2) is 23.1 Å². The van der Waals surface area contributed by atoms with E-state index in [-0.39, 0.29) is 0 Å². The molecule has 1 aromatic rings. The molecule has 0 atom stereocenters. The van der Waals surface area contributed by atoms with Gasteiger partial charge in [-0.15, -0.1) is 17.7 Å². The Morgan fingerprint density at radius 1 is 1.21 bits per heavy atom. The quantitative estimate of drug-likeness (QED) is 0.418. The van der Waals surface area contributed by atoms with Crippen molar-refractivity contribution in [1.29, 1.82) is 0 Å². The maximum atomic E-state index is 12.6. The molecule has 0 unspecified atom stereocenters. The first-order valence-electron chi connectivity index (χ1n) is 6.19. The third-order valence-electron chi connectivity index (χ3n) is 2.67. The van der Waals surface area contributed by atoms with Crippen LogP contribution in [0.3, 0.4) is 0 Å². The summed E-state index contributed by atoms with van der Waals surface area (Å²) >= 11 is 1.33. The number of benzene rings is 1. The number of rotatable bonds is 4. The summed E-state index contributed by atoms with van der Waals surface area (Å²) in [6.45, 7) is 2.10. The Morgan fingerprint density at radius 2 is 1.95 bits per heavy atom. The maximum Gasteiger partial charge on any atom is 0.416 e. The van der Waals surface area contributed by atoms with Crippen LogP contribution in [0.1, 0.15) is 37.3 Å². The van der Waals surface area contributed by atoms with E-state index in [0.717, 1.165) is 30.9 Å². The van der Waals surface area contributed by atoms with Crippen molar-refractivity contribution in [2.24, 2.45) is 0 Å². The van der Waals surface area contributed by atoms with Gasteiger partial charge in [0, 0.05) is 17.7 Å². The summed E-state index contributed by atoms with van der Waals surface area (Å²) in [6.07, 6.45) is 1.03. The lowest BCUT2D eigenvalue weighted by molar-refractivity contribution is -0.137. The SMILES string of the molecule is CCCCC#CCc1ccc(C(F)(F)F)cc1SC. The Balaban J connectivity index is 2.81. The molecule has 104 valence electrons. The predicted molar refractivity (Wildman–Crippen MR) is 74.2 cm³/mol. The van der Waals surface area contributed by atoms with Crippen LogP contribution in [0.2, 0.25) is 0 Å². The predicted octanol–water partition coefficient (Wildman–Crippen LogP) is 5.16. The molecule has 0 saturated carbocycles. The molecule has 0 saturated heterocycles. The highest BCUT2D eigenvalue weighted by Gasteiger charge is 2.30. The van der Waals surface area contributed by atoms with Crippen LogP contribution in [0.5, 0.6) is 0 Å². The van der Waals surface area contributed by atoms with Gasteiger partial charge in [0.2, 0.25) is 0 Å². The lowest BCUT2D eigenvalue weighted by Crippen LogP contribution is -2.05. The summed E-state index contributed by atoms with van der Waals surface area (Å²) in [4.78, 5) is 0.652. The molecule has 0 aliphatic rings. The zero-order valence-electron chi connectivity index (χ0n) is 11.1. The Morgan fingerprint density at radius 3 is 2.53 bits per heavy atom. The smallest absolute Gasteiger partial charge is 0.166 e. The minimum atomic E-state index is -4.28. The van der Waals surface area contributed by atoms with E-state index in [1.807, 2.05) is 0 Å². The Labute approximate surface area is 116 Å². The fourth-order valence-corrected chi connectivity index (χ4v) is 2.23. The van der Waals surface area contributed by atoms with E-state index in [2.05, 4.69) is 18.8 Å². The van der Waals surface area contributed by atoms with E-state index in [1.165, 1.54) is 23.9 Å². The first-order chi connectivity index (χ1) is 8.99. The molecule has 1 rings (SSSR count). The highest BCUT2D eigenvalue weighted by Crippen LogP contribution is 2.33. The highest BCUT2D eigenvalue weighted by molar-refractivity contribution is 7.98. The van der Waals surface area contributed by atoms with E-state index in [0.29, 0.717) is 11.3 Å². The van der Waals surface area contributed by atoms with Gasteiger partial charge in [0.05, 0.1) is 5.56 Å². The monoisotopic (exact) mass is 286 g/mol. The zero-order valence-corrected chi connectivity index (χ0v) is 11.9. The summed E-state index contributed by atoms with van der Waals surface area (Å²) in [5.74, 6) is 6.07. The molecule has 0 aliphatic carbocycles. The molecule has 0 amide bonds. The van der Waals surface area contributed by atoms with Gasteiger partial charge in [0.15, 0.2) is 0 Å². The molecule has 4 heteroatoms. The lowest BCUT2D eigenvalue weighted by atomic mass is 10.1. The molecular formula is C15H17F3S. The van der Waals surface area contributed by atoms with Gasteiger partial charge in [-0.3, -0.25) is 0 Å². The molecule has 0 N–H and O–H groups in total. The Kier molecular flexibility index (Phi) is 6.30. The molecule has 0 aromatic heterocycles. The minimum absolute atomic E-state index is 0.512. The summed E-state index contributed by atoms with van der Waals surface area (Å²) in [5.41, 5.74) is 0.268. The van der Waals surface area contributed by atoms with Crippen molar-refractivity contribution >= 4 is 11.8 Å². The van der Waals surface area contributed by atoms with E-state index in [4.69, 9.17) is 0 Å². The largest absolute Gasteiger partial charge is 0.416 e. The van der Waals surface area contributed by atoms with Crippen LogP contribution in [-0.4, -0.2) is 6.26 Å². The van der Waals surface area contributed by atoms with Crippen LogP contribution in [0.4, 0.5) is 13.2 Å². The van der Waals surface area contributed by atoms with Gasteiger partial charge >= 0.3 is 6.18 Å². The molecule has 0 heterocycles. The molecule has 0 spiro atoms. The second-order valence-electron chi connectivity index (χ2n) is 4.16. The van der Waals surface area contributed by atoms with Crippen LogP contribution in [0, 0.1) is 11.8 Å². The summed E-state index contributed by atoms with van der Waals surface area (Å²) < 4.78 is 37.8. The first kappa shape index (κ1) is 16.0. The van der Waals surface area contributed by atoms with Crippen molar-refractivity contribution in [3.05, 3.63) is 29.3 Å². The molecule has 0 fully saturated rings. The van der Waals surface area contributed by atoms with Gasteiger partial charge in [0.1, 0.15) is 0 Å². The first-order valence-corrected chi connectivity index (χ1v) is 7.41. The number of unbranched alkanes of at least 4 members (excludes halogenated alkanes) is 2. The fourth-order valence-electron chi connectivity index (χ4n) is 1.58. The summed E-state index contributed by atoms with van der Waals surface area (Å²) in [7, 11) is 0. The minimum Gasteiger partial charge on any atom is -0.166 e. The fraction of sp³-hybridized carbons (Fsp3) is 0.467. The van der Waals surface area contributed by atoms with Crippen LogP contribution >= 0.6 is 11.8 Å². The van der Waals surface area contributed by atoms with Crippen molar-refractivity contribution < 1.29 is 13.2 Å². The second-order valence-corrected chi connectivity index (χ2v) is 5.01. The topological polar surface area (TPSA) is 0 Å². The second kappa shape index (κ2) is 7.49. The van der Waals surface area contributed by atoms with Gasteiger partial charge in [-0.1, -0.05) is 25.3 Å². The molecule has 0 radical (unpaired) electrons. The van der Waals surface area contributed by atoms with Crippen molar-refractivity contribution in [3.63, 3.8) is 0 Å². The summed E-state index contributed by atoms with van der Waals surface area (Å²) in [5, 5.41) is 0. The molecule has 19 heavy (non-hydrogen) atoms. The van der Waals surface area contributed by atoms with E-state index < -0.39 is 11.7 Å². The van der Waals surface area contributed by atoms with Gasteiger partial charge in [-0.25, -0.2) is 0 Å². The van der Waals surface area contributed by atoms with Crippen LogP contribution < -0.4 is 0 Å². The number of hydrogen-bond acceptors (Lipinski definition) is 1. The molecule has 1 aromatic carbocycles. The Bertz CT molecular complexity index is 467. The zero-order chi connectivity index (χ0) is 14.3. The van der Waals surface area contributed by atoms with Gasteiger partial charge in [0.25, 0.3) is 0 Å². The summed E-state index contributed by atoms with van der Waals surface area (Å²) in [6, 6.07) is 3.86. The highest BCUT2D eigenvalue weighted by atomic mass is 32.2. The average Bonchev–Trinajstić information content (AvgIpc) is 2.37. The molecule has 0 nitrogen and oxygen atoms in total. The average molecular weight is 286 g/mol. The van der Waals surface area contributed by atoms with E-state index >= 15 is 0 Å². The number of thioether (sulfide) groups is 1. The standard InChI is InChI=1S/C15H17F3S/c1-3-4-5-6-7-8-12-9-10-13(15(16,17)18)11-14(12)19-2/h9-11H,3-5,8H2,1-2H3. The number of hydrogen-bond donors (Lipinski definition) is 0. The van der Waals surface area contributed by atoms with Crippen molar-refractivity contribution in [1.82, 2.24) is 0 Å². The van der Waals surface area contributed by atoms with Gasteiger partial charge in [-0.2, -0.15) is 13.2 Å². The van der Waals surface area contributed by atoms with Crippen molar-refractivity contribution in [2.45, 2.75) is 43.7 Å². The lowest BCUT2D eigenvalue weighted by Gasteiger charge is -2.10. The third-order valence-corrected chi connectivity index (χ3v) is 3.49. The van der Waals surface area contributed by atoms with Crippen LogP contribution in [0.25, 0.3) is 0 Å². The van der Waals surface area contributed by atoms with Gasteiger partial charge in [-0.05, 0) is 30.4 Å². The van der Waals surface area contributed by atoms with E-state index in [9.17, 15) is 13.2 Å². The molecule has 0 bridgehead atoms. The number of alkyl halides is 3. The molecular weight excluding hydrogens is 269 g/mol. The van der Waals surface area contributed by atoms with Crippen molar-refractivity contribution in [2.75, 3.05) is 6.26 Å². The van der Waals surface area contributed by atoms with Crippen LogP contribution in [-0.2, 0) is 12.6 Å². The van der Waals surface area contributed by atoms with E-state index in [1.54, 1.807) is 6.26 Å². The number of halogens is 3. The van der Waals surface area contributed by atoms with Crippen molar-refractivity contribution in [3.8, 4) is 11.8 Å². The Hall–Kier alpha value is -1.08.